The van der Waals surface area contributed by atoms with E-state index in [4.69, 9.17) is 9.47 Å². The number of methoxy groups -OCH3 is 2. The molecule has 1 heterocycles. The van der Waals surface area contributed by atoms with Crippen LogP contribution >= 0.6 is 0 Å². The van der Waals surface area contributed by atoms with Gasteiger partial charge in [-0.15, -0.1) is 0 Å². The third-order valence-electron chi connectivity index (χ3n) is 4.18. The maximum absolute atomic E-state index is 12.6. The molecule has 130 valence electrons. The van der Waals surface area contributed by atoms with Crippen molar-refractivity contribution >= 4 is 17.3 Å². The molecule has 0 saturated heterocycles. The summed E-state index contributed by atoms with van der Waals surface area (Å²) in [5.74, 6) is 0.385. The lowest BCUT2D eigenvalue weighted by molar-refractivity contribution is -0.385. The number of benzene rings is 2. The van der Waals surface area contributed by atoms with Crippen molar-refractivity contribution in [2.75, 3.05) is 26.6 Å². The van der Waals surface area contributed by atoms with E-state index in [1.54, 1.807) is 31.3 Å². The summed E-state index contributed by atoms with van der Waals surface area (Å²) in [4.78, 5) is 25.1. The van der Waals surface area contributed by atoms with Gasteiger partial charge in [0.1, 0.15) is 6.17 Å². The van der Waals surface area contributed by atoms with E-state index in [2.05, 4.69) is 5.32 Å². The SMILES string of the molecule is COc1cc([C@H]2Nc3ccccc3C(=O)N2C)c([N+](=O)[O-])cc1OC. The van der Waals surface area contributed by atoms with Gasteiger partial charge in [-0.1, -0.05) is 12.1 Å². The van der Waals surface area contributed by atoms with Gasteiger partial charge in [-0.25, -0.2) is 0 Å². The third-order valence-corrected chi connectivity index (χ3v) is 4.18. The molecule has 2 aromatic carbocycles. The molecule has 0 saturated carbocycles. The Balaban J connectivity index is 2.15. The number of hydrogen-bond donors (Lipinski definition) is 1. The molecule has 0 aromatic heterocycles. The molecule has 1 amide bonds. The zero-order valence-corrected chi connectivity index (χ0v) is 14.0. The standard InChI is InChI=1S/C17H17N3O5/c1-19-16(18-12-7-5-4-6-10(12)17(19)21)11-8-14(24-2)15(25-3)9-13(11)20(22)23/h4-9,16,18H,1-3H3/t16-/m0/s1. The predicted octanol–water partition coefficient (Wildman–Crippen LogP) is 2.81. The smallest absolute Gasteiger partial charge is 0.280 e. The number of hydrogen-bond acceptors (Lipinski definition) is 6. The van der Waals surface area contributed by atoms with Gasteiger partial charge in [0.2, 0.25) is 0 Å². The predicted molar refractivity (Wildman–Crippen MR) is 91.1 cm³/mol. The molecule has 1 aliphatic rings. The van der Waals surface area contributed by atoms with Crippen LogP contribution in [0.25, 0.3) is 0 Å². The monoisotopic (exact) mass is 343 g/mol. The summed E-state index contributed by atoms with van der Waals surface area (Å²) >= 11 is 0. The number of fused-ring (bicyclic) bond motifs is 1. The average molecular weight is 343 g/mol. The number of amides is 1. The van der Waals surface area contributed by atoms with Crippen molar-refractivity contribution in [2.24, 2.45) is 0 Å². The molecule has 8 heteroatoms. The number of nitro benzene ring substituents is 1. The number of para-hydroxylation sites is 1. The summed E-state index contributed by atoms with van der Waals surface area (Å²) in [6.45, 7) is 0. The number of carbonyl (C=O) groups excluding carboxylic acids is 1. The molecule has 0 unspecified atom stereocenters. The van der Waals surface area contributed by atoms with Crippen molar-refractivity contribution in [3.8, 4) is 11.5 Å². The van der Waals surface area contributed by atoms with E-state index in [0.29, 0.717) is 22.6 Å². The van der Waals surface area contributed by atoms with E-state index in [-0.39, 0.29) is 17.3 Å². The quantitative estimate of drug-likeness (QED) is 0.678. The fourth-order valence-corrected chi connectivity index (χ4v) is 2.89. The minimum atomic E-state index is -0.706. The van der Waals surface area contributed by atoms with Crippen LogP contribution in [0.1, 0.15) is 22.1 Å². The van der Waals surface area contributed by atoms with Crippen molar-refractivity contribution in [1.29, 1.82) is 0 Å². The zero-order valence-electron chi connectivity index (χ0n) is 14.0. The Morgan fingerprint density at radius 2 is 1.80 bits per heavy atom. The third kappa shape index (κ3) is 2.71. The number of nitrogens with zero attached hydrogens (tertiary/aromatic N) is 2. The highest BCUT2D eigenvalue weighted by Gasteiger charge is 2.35. The lowest BCUT2D eigenvalue weighted by Crippen LogP contribution is -2.40. The fourth-order valence-electron chi connectivity index (χ4n) is 2.89. The van der Waals surface area contributed by atoms with Gasteiger partial charge in [0, 0.05) is 12.7 Å². The molecule has 2 aromatic rings. The van der Waals surface area contributed by atoms with Crippen molar-refractivity contribution in [1.82, 2.24) is 4.90 Å². The Kier molecular flexibility index (Phi) is 4.18. The van der Waals surface area contributed by atoms with E-state index in [1.807, 2.05) is 0 Å². The van der Waals surface area contributed by atoms with Crippen LogP contribution in [0, 0.1) is 10.1 Å². The Morgan fingerprint density at radius 1 is 1.16 bits per heavy atom. The Hall–Kier alpha value is -3.29. The first-order chi connectivity index (χ1) is 12.0. The van der Waals surface area contributed by atoms with E-state index < -0.39 is 11.1 Å². The summed E-state index contributed by atoms with van der Waals surface area (Å²) < 4.78 is 10.4. The van der Waals surface area contributed by atoms with Gasteiger partial charge in [0.05, 0.1) is 36.3 Å². The molecule has 8 nitrogen and oxygen atoms in total. The lowest BCUT2D eigenvalue weighted by Gasteiger charge is -2.35. The zero-order chi connectivity index (χ0) is 18.1. The lowest BCUT2D eigenvalue weighted by atomic mass is 10.0. The second kappa shape index (κ2) is 6.31. The van der Waals surface area contributed by atoms with Crippen LogP contribution in [0.5, 0.6) is 11.5 Å². The normalized spacial score (nSPS) is 16.0. The summed E-state index contributed by atoms with van der Waals surface area (Å²) in [5.41, 5.74) is 1.30. The largest absolute Gasteiger partial charge is 0.493 e. The van der Waals surface area contributed by atoms with Crippen LogP contribution in [-0.4, -0.2) is 37.0 Å². The maximum Gasteiger partial charge on any atom is 0.280 e. The van der Waals surface area contributed by atoms with E-state index in [9.17, 15) is 14.9 Å². The highest BCUT2D eigenvalue weighted by molar-refractivity contribution is 6.01. The maximum atomic E-state index is 12.6. The summed E-state index contributed by atoms with van der Waals surface area (Å²) in [5, 5.41) is 14.7. The van der Waals surface area contributed by atoms with Crippen LogP contribution < -0.4 is 14.8 Å². The summed E-state index contributed by atoms with van der Waals surface area (Å²) in [6.07, 6.45) is -0.706. The molecule has 0 fully saturated rings. The van der Waals surface area contributed by atoms with Crippen molar-refractivity contribution in [3.63, 3.8) is 0 Å². The number of ether oxygens (including phenoxy) is 2. The number of carbonyl (C=O) groups is 1. The first-order valence-corrected chi connectivity index (χ1v) is 7.51. The minimum absolute atomic E-state index is 0.158. The van der Waals surface area contributed by atoms with Crippen LogP contribution in [0.15, 0.2) is 36.4 Å². The topological polar surface area (TPSA) is 93.9 Å². The number of anilines is 1. The van der Waals surface area contributed by atoms with E-state index >= 15 is 0 Å². The Labute approximate surface area is 144 Å². The van der Waals surface area contributed by atoms with E-state index in [0.717, 1.165) is 0 Å². The van der Waals surface area contributed by atoms with Gasteiger partial charge in [-0.05, 0) is 18.2 Å². The summed E-state index contributed by atoms with van der Waals surface area (Å²) in [6, 6.07) is 9.86. The molecule has 1 N–H and O–H groups in total. The Bertz CT molecular complexity index is 852. The van der Waals surface area contributed by atoms with Gasteiger partial charge < -0.3 is 19.7 Å². The Morgan fingerprint density at radius 3 is 2.44 bits per heavy atom. The van der Waals surface area contributed by atoms with Gasteiger partial charge in [0.25, 0.3) is 11.6 Å². The molecular formula is C17H17N3O5. The number of nitrogens with one attached hydrogen (secondary N) is 1. The van der Waals surface area contributed by atoms with Gasteiger partial charge in [0.15, 0.2) is 11.5 Å². The molecule has 0 bridgehead atoms. The van der Waals surface area contributed by atoms with E-state index in [1.165, 1.54) is 31.3 Å². The van der Waals surface area contributed by atoms with Gasteiger partial charge >= 0.3 is 0 Å². The first kappa shape index (κ1) is 16.6. The minimum Gasteiger partial charge on any atom is -0.493 e. The molecule has 0 aliphatic carbocycles. The van der Waals surface area contributed by atoms with Crippen molar-refractivity contribution < 1.29 is 19.2 Å². The number of rotatable bonds is 4. The molecule has 3 rings (SSSR count). The molecule has 1 atom stereocenters. The number of nitro groups is 1. The molecule has 1 aliphatic heterocycles. The highest BCUT2D eigenvalue weighted by Crippen LogP contribution is 2.41. The fraction of sp³-hybridized carbons (Fsp3) is 0.235. The highest BCUT2D eigenvalue weighted by atomic mass is 16.6. The summed E-state index contributed by atoms with van der Waals surface area (Å²) in [7, 11) is 4.45. The van der Waals surface area contributed by atoms with Crippen LogP contribution in [0.4, 0.5) is 11.4 Å². The molecule has 25 heavy (non-hydrogen) atoms. The first-order valence-electron chi connectivity index (χ1n) is 7.51. The second-order valence-electron chi connectivity index (χ2n) is 5.53. The average Bonchev–Trinajstić information content (AvgIpc) is 2.63. The van der Waals surface area contributed by atoms with Crippen molar-refractivity contribution in [2.45, 2.75) is 6.17 Å². The van der Waals surface area contributed by atoms with Crippen LogP contribution in [0.3, 0.4) is 0 Å². The van der Waals surface area contributed by atoms with Crippen LogP contribution in [-0.2, 0) is 0 Å². The second-order valence-corrected chi connectivity index (χ2v) is 5.53. The molecular weight excluding hydrogens is 326 g/mol. The molecule has 0 radical (unpaired) electrons. The van der Waals surface area contributed by atoms with Gasteiger partial charge in [-0.2, -0.15) is 0 Å². The van der Waals surface area contributed by atoms with Crippen LogP contribution in [0.2, 0.25) is 0 Å². The van der Waals surface area contributed by atoms with Crippen molar-refractivity contribution in [3.05, 3.63) is 57.6 Å². The molecule has 0 spiro atoms. The van der Waals surface area contributed by atoms with Gasteiger partial charge in [-0.3, -0.25) is 14.9 Å².